The molecule has 0 saturated carbocycles. The monoisotopic (exact) mass is 619 g/mol. The Bertz CT molecular complexity index is 696. The molecule has 0 radical (unpaired) electrons. The lowest BCUT2D eigenvalue weighted by Gasteiger charge is -2.28. The van der Waals surface area contributed by atoms with Crippen molar-refractivity contribution in [2.45, 2.75) is 142 Å². The molecule has 8 nitrogen and oxygen atoms in total. The lowest BCUT2D eigenvalue weighted by Crippen LogP contribution is -2.37. The molecule has 250 valence electrons. The van der Waals surface area contributed by atoms with Crippen LogP contribution in [0.5, 0.6) is 0 Å². The largest absolute Gasteiger partial charge is 0.756 e. The zero-order valence-corrected chi connectivity index (χ0v) is 28.8. The Labute approximate surface area is 259 Å². The first-order valence-corrected chi connectivity index (χ1v) is 18.4. The predicted molar refractivity (Wildman–Crippen MR) is 171 cm³/mol. The number of rotatable bonds is 31. The molecular weight excluding hydrogens is 553 g/mol. The average molecular weight is 620 g/mol. The molecule has 9 heteroatoms. The van der Waals surface area contributed by atoms with E-state index < -0.39 is 13.9 Å². The second kappa shape index (κ2) is 27.8. The molecule has 0 fully saturated rings. The smallest absolute Gasteiger partial charge is 0.306 e. The normalized spacial score (nSPS) is 14.3. The zero-order chi connectivity index (χ0) is 31.4. The Morgan fingerprint density at radius 1 is 0.714 bits per heavy atom. The zero-order valence-electron chi connectivity index (χ0n) is 28.0. The van der Waals surface area contributed by atoms with Crippen molar-refractivity contribution < 1.29 is 37.3 Å². The predicted octanol–water partition coefficient (Wildman–Crippen LogP) is 8.13. The molecule has 0 aliphatic heterocycles. The number of hydrogen-bond acceptors (Lipinski definition) is 7. The molecule has 0 heterocycles. The maximum atomic E-state index is 12.3. The number of phosphoric ester groups is 1. The molecule has 2 atom stereocenters. The minimum absolute atomic E-state index is 0.0264. The molecule has 0 aromatic carbocycles. The summed E-state index contributed by atoms with van der Waals surface area (Å²) in [6, 6.07) is 0. The van der Waals surface area contributed by atoms with Crippen molar-refractivity contribution in [3.63, 3.8) is 0 Å². The van der Waals surface area contributed by atoms with Gasteiger partial charge in [0.25, 0.3) is 7.82 Å². The van der Waals surface area contributed by atoms with Crippen LogP contribution in [0.3, 0.4) is 0 Å². The maximum absolute atomic E-state index is 12.3. The van der Waals surface area contributed by atoms with E-state index in [-0.39, 0.29) is 25.8 Å². The molecule has 0 aliphatic carbocycles. The van der Waals surface area contributed by atoms with Gasteiger partial charge in [-0.15, -0.1) is 0 Å². The van der Waals surface area contributed by atoms with Crippen LogP contribution < -0.4 is 4.89 Å². The highest BCUT2D eigenvalue weighted by molar-refractivity contribution is 7.45. The highest BCUT2D eigenvalue weighted by Gasteiger charge is 2.20. The quantitative estimate of drug-likeness (QED) is 0.0254. The van der Waals surface area contributed by atoms with E-state index in [0.29, 0.717) is 24.1 Å². The van der Waals surface area contributed by atoms with Crippen molar-refractivity contribution in [3.05, 3.63) is 12.2 Å². The summed E-state index contributed by atoms with van der Waals surface area (Å²) < 4.78 is 34.0. The molecular formula is C33H66NO7P. The van der Waals surface area contributed by atoms with Crippen molar-refractivity contribution in [2.24, 2.45) is 0 Å². The summed E-state index contributed by atoms with van der Waals surface area (Å²) in [4.78, 5) is 24.5. The molecule has 2 unspecified atom stereocenters. The topological polar surface area (TPSA) is 94.1 Å². The van der Waals surface area contributed by atoms with Crippen molar-refractivity contribution >= 4 is 13.8 Å². The van der Waals surface area contributed by atoms with Crippen LogP contribution in [-0.2, 0) is 27.9 Å². The Kier molecular flexibility index (Phi) is 27.3. The fraction of sp³-hybridized carbons (Fsp3) is 0.909. The number of esters is 1. The number of carbonyl (C=O) groups is 1. The minimum atomic E-state index is -4.50. The van der Waals surface area contributed by atoms with E-state index in [9.17, 15) is 14.3 Å². The first-order valence-electron chi connectivity index (χ1n) is 16.9. The van der Waals surface area contributed by atoms with Gasteiger partial charge in [-0.05, 0) is 38.5 Å². The van der Waals surface area contributed by atoms with Crippen LogP contribution in [-0.4, -0.2) is 70.7 Å². The number of ether oxygens (including phenoxy) is 2. The standard InChI is InChI=1S/C33H66NO7P/c1-6-8-10-12-13-14-15-16-17-18-19-20-21-22-23-25-28-38-30-32(41-33(35)26-24-11-9-7-2)31-40-42(36,37)39-29-27-34(3,4)5/h16-17,32H,6-15,18-31H2,1-5H3/b17-16-. The first kappa shape index (κ1) is 41.2. The highest BCUT2D eigenvalue weighted by Crippen LogP contribution is 2.38. The van der Waals surface area contributed by atoms with Crippen molar-refractivity contribution in [2.75, 3.05) is 54.1 Å². The number of quaternary nitrogens is 1. The lowest BCUT2D eigenvalue weighted by atomic mass is 10.1. The van der Waals surface area contributed by atoms with Gasteiger partial charge >= 0.3 is 5.97 Å². The van der Waals surface area contributed by atoms with E-state index in [1.54, 1.807) is 0 Å². The number of nitrogens with zero attached hydrogens (tertiary/aromatic N) is 1. The fourth-order valence-corrected chi connectivity index (χ4v) is 5.09. The van der Waals surface area contributed by atoms with E-state index >= 15 is 0 Å². The van der Waals surface area contributed by atoms with E-state index in [1.165, 1.54) is 77.0 Å². The van der Waals surface area contributed by atoms with E-state index in [2.05, 4.69) is 26.0 Å². The summed E-state index contributed by atoms with van der Waals surface area (Å²) in [7, 11) is 1.35. The summed E-state index contributed by atoms with van der Waals surface area (Å²) in [5, 5.41) is 0. The van der Waals surface area contributed by atoms with Gasteiger partial charge in [-0.1, -0.05) is 103 Å². The van der Waals surface area contributed by atoms with Crippen LogP contribution in [0.4, 0.5) is 0 Å². The van der Waals surface area contributed by atoms with Crippen molar-refractivity contribution in [1.29, 1.82) is 0 Å². The first-order chi connectivity index (χ1) is 20.1. The highest BCUT2D eigenvalue weighted by atomic mass is 31.2. The van der Waals surface area contributed by atoms with E-state index in [4.69, 9.17) is 18.5 Å². The van der Waals surface area contributed by atoms with Crippen molar-refractivity contribution in [1.82, 2.24) is 0 Å². The molecule has 0 saturated heterocycles. The Hall–Kier alpha value is -0.760. The van der Waals surface area contributed by atoms with Gasteiger partial charge in [0.1, 0.15) is 19.3 Å². The molecule has 0 N–H and O–H groups in total. The van der Waals surface area contributed by atoms with Gasteiger partial charge in [0, 0.05) is 13.0 Å². The number of carbonyl (C=O) groups excluding carboxylic acids is 1. The second-order valence-corrected chi connectivity index (χ2v) is 13.9. The fourth-order valence-electron chi connectivity index (χ4n) is 4.36. The van der Waals surface area contributed by atoms with Crippen LogP contribution in [0.15, 0.2) is 12.2 Å². The summed E-state index contributed by atoms with van der Waals surface area (Å²) in [5.41, 5.74) is 0. The molecule has 0 rings (SSSR count). The molecule has 0 spiro atoms. The second-order valence-electron chi connectivity index (χ2n) is 12.5. The molecule has 0 aromatic heterocycles. The molecule has 42 heavy (non-hydrogen) atoms. The number of phosphoric acid groups is 1. The van der Waals surface area contributed by atoms with Gasteiger partial charge in [-0.3, -0.25) is 9.36 Å². The number of hydrogen-bond donors (Lipinski definition) is 0. The lowest BCUT2D eigenvalue weighted by molar-refractivity contribution is -0.870. The average Bonchev–Trinajstić information content (AvgIpc) is 2.92. The summed E-state index contributed by atoms with van der Waals surface area (Å²) in [6.07, 6.45) is 25.5. The summed E-state index contributed by atoms with van der Waals surface area (Å²) in [6.45, 7) is 5.26. The van der Waals surface area contributed by atoms with Gasteiger partial charge in [-0.25, -0.2) is 0 Å². The van der Waals surface area contributed by atoms with E-state index in [0.717, 1.165) is 38.5 Å². The van der Waals surface area contributed by atoms with Crippen LogP contribution in [0, 0.1) is 0 Å². The van der Waals surface area contributed by atoms with Gasteiger partial charge in [0.2, 0.25) is 0 Å². The van der Waals surface area contributed by atoms with Crippen LogP contribution in [0.25, 0.3) is 0 Å². The van der Waals surface area contributed by atoms with E-state index in [1.807, 2.05) is 21.1 Å². The maximum Gasteiger partial charge on any atom is 0.306 e. The number of likely N-dealkylation sites (N-methyl/N-ethyl adjacent to an activating group) is 1. The Balaban J connectivity index is 4.12. The van der Waals surface area contributed by atoms with Gasteiger partial charge in [0.15, 0.2) is 0 Å². The SMILES string of the molecule is CCCCCCCC/C=C\CCCCCCCCOCC(COP(=O)([O-])OCC[N+](C)(C)C)OC(=O)CCCCCC. The van der Waals surface area contributed by atoms with Crippen LogP contribution >= 0.6 is 7.82 Å². The Morgan fingerprint density at radius 3 is 1.81 bits per heavy atom. The third kappa shape index (κ3) is 30.7. The molecule has 0 bridgehead atoms. The van der Waals surface area contributed by atoms with Gasteiger partial charge < -0.3 is 27.9 Å². The molecule has 0 aliphatic rings. The number of allylic oxidation sites excluding steroid dienone is 2. The van der Waals surface area contributed by atoms with Crippen LogP contribution in [0.1, 0.15) is 136 Å². The summed E-state index contributed by atoms with van der Waals surface area (Å²) >= 11 is 0. The summed E-state index contributed by atoms with van der Waals surface area (Å²) in [5.74, 6) is -0.354. The van der Waals surface area contributed by atoms with Crippen molar-refractivity contribution in [3.8, 4) is 0 Å². The van der Waals surface area contributed by atoms with Gasteiger partial charge in [0.05, 0.1) is 34.4 Å². The number of unbranched alkanes of at least 4 members (excludes halogenated alkanes) is 15. The minimum Gasteiger partial charge on any atom is -0.756 e. The Morgan fingerprint density at radius 2 is 1.24 bits per heavy atom. The third-order valence-corrected chi connectivity index (χ3v) is 8.03. The molecule has 0 aromatic rings. The van der Waals surface area contributed by atoms with Gasteiger partial charge in [-0.2, -0.15) is 0 Å². The molecule has 0 amide bonds. The third-order valence-electron chi connectivity index (χ3n) is 7.07. The van der Waals surface area contributed by atoms with Crippen LogP contribution in [0.2, 0.25) is 0 Å².